The minimum atomic E-state index is -0.979. The van der Waals surface area contributed by atoms with Crippen LogP contribution in [0.1, 0.15) is 25.0 Å². The largest absolute Gasteiger partial charge is 0.488 e. The van der Waals surface area contributed by atoms with Gasteiger partial charge in [0.2, 0.25) is 5.91 Å². The second kappa shape index (κ2) is 13.4. The van der Waals surface area contributed by atoms with E-state index < -0.39 is 35.2 Å². The van der Waals surface area contributed by atoms with Crippen LogP contribution in [0.4, 0.5) is 25.0 Å². The first kappa shape index (κ1) is 30.4. The van der Waals surface area contributed by atoms with E-state index in [2.05, 4.69) is 10.2 Å². The smallest absolute Gasteiger partial charge is 0.294 e. The summed E-state index contributed by atoms with van der Waals surface area (Å²) in [6, 6.07) is 13.2. The van der Waals surface area contributed by atoms with E-state index in [4.69, 9.17) is 27.9 Å². The second-order valence-electron chi connectivity index (χ2n) is 8.86. The molecule has 0 spiro atoms. The fraction of sp³-hybridized carbons (Fsp3) is 0.207. The van der Waals surface area contributed by atoms with Crippen molar-refractivity contribution in [2.75, 3.05) is 29.9 Å². The van der Waals surface area contributed by atoms with E-state index in [9.17, 15) is 23.2 Å². The molecule has 1 aliphatic rings. The maximum absolute atomic E-state index is 13.9. The molecule has 0 unspecified atom stereocenters. The van der Waals surface area contributed by atoms with Crippen LogP contribution >= 0.6 is 35.0 Å². The lowest BCUT2D eigenvalue weighted by Gasteiger charge is -2.22. The quantitative estimate of drug-likeness (QED) is 0.239. The van der Waals surface area contributed by atoms with Gasteiger partial charge in [0.25, 0.3) is 11.1 Å². The van der Waals surface area contributed by atoms with Gasteiger partial charge in [0.05, 0.1) is 10.6 Å². The van der Waals surface area contributed by atoms with Gasteiger partial charge >= 0.3 is 0 Å². The highest BCUT2D eigenvalue weighted by Gasteiger charge is 2.36. The first-order chi connectivity index (χ1) is 19.6. The van der Waals surface area contributed by atoms with E-state index in [0.29, 0.717) is 44.7 Å². The third kappa shape index (κ3) is 7.38. The Kier molecular flexibility index (Phi) is 9.90. The molecule has 0 atom stereocenters. The van der Waals surface area contributed by atoms with E-state index in [1.807, 2.05) is 26.0 Å². The number of thioether (sulfide) groups is 1. The van der Waals surface area contributed by atoms with Crippen molar-refractivity contribution in [2.24, 2.45) is 0 Å². The Morgan fingerprint density at radius 1 is 1.05 bits per heavy atom. The molecule has 0 aromatic heterocycles. The Labute approximate surface area is 250 Å². The molecule has 4 rings (SSSR count). The summed E-state index contributed by atoms with van der Waals surface area (Å²) in [4.78, 5) is 41.1. The standard InChI is InChI=1S/C29H25Cl2F2N3O4S/c1-3-35(4-2)21-9-6-17(25(14-21)40-16-18-5-7-19(30)12-22(18)31)11-26-28(38)36(29(39)41-26)15-27(37)34-24-10-8-20(32)13-23(24)33/h5-14H,3-4,15-16H2,1-2H3,(H,34,37)/b26-11+. The molecule has 0 aliphatic carbocycles. The van der Waals surface area contributed by atoms with Crippen molar-refractivity contribution in [3.8, 4) is 5.75 Å². The number of rotatable bonds is 10. The summed E-state index contributed by atoms with van der Waals surface area (Å²) in [5.41, 5.74) is 1.88. The number of halogens is 4. The predicted octanol–water partition coefficient (Wildman–Crippen LogP) is 7.37. The third-order valence-corrected chi connectivity index (χ3v) is 7.69. The Balaban J connectivity index is 1.56. The number of nitrogens with zero attached hydrogens (tertiary/aromatic N) is 2. The lowest BCUT2D eigenvalue weighted by molar-refractivity contribution is -0.127. The lowest BCUT2D eigenvalue weighted by atomic mass is 10.1. The van der Waals surface area contributed by atoms with Crippen molar-refractivity contribution >= 4 is 69.5 Å². The molecule has 1 aliphatic heterocycles. The van der Waals surface area contributed by atoms with E-state index >= 15 is 0 Å². The first-order valence-corrected chi connectivity index (χ1v) is 14.1. The van der Waals surface area contributed by atoms with E-state index in [1.54, 1.807) is 24.3 Å². The van der Waals surface area contributed by atoms with Gasteiger partial charge in [0, 0.05) is 52.1 Å². The van der Waals surface area contributed by atoms with Crippen LogP contribution < -0.4 is 15.0 Å². The van der Waals surface area contributed by atoms with Crippen molar-refractivity contribution in [3.63, 3.8) is 0 Å². The van der Waals surface area contributed by atoms with Crippen molar-refractivity contribution < 1.29 is 27.9 Å². The summed E-state index contributed by atoms with van der Waals surface area (Å²) < 4.78 is 33.2. The zero-order valence-electron chi connectivity index (χ0n) is 22.0. The molecule has 3 aromatic rings. The van der Waals surface area contributed by atoms with Gasteiger partial charge in [0.1, 0.15) is 30.5 Å². The highest BCUT2D eigenvalue weighted by molar-refractivity contribution is 8.18. The highest BCUT2D eigenvalue weighted by Crippen LogP contribution is 2.36. The van der Waals surface area contributed by atoms with Crippen LogP contribution in [0.2, 0.25) is 10.0 Å². The zero-order valence-corrected chi connectivity index (χ0v) is 24.4. The molecule has 214 valence electrons. The molecule has 3 amide bonds. The number of carbonyl (C=O) groups excluding carboxylic acids is 3. The van der Waals surface area contributed by atoms with Crippen LogP contribution in [0.5, 0.6) is 5.75 Å². The third-order valence-electron chi connectivity index (χ3n) is 6.19. The minimum absolute atomic E-state index is 0.0840. The molecule has 0 radical (unpaired) electrons. The summed E-state index contributed by atoms with van der Waals surface area (Å²) in [5.74, 6) is -2.83. The van der Waals surface area contributed by atoms with Gasteiger partial charge in [-0.2, -0.15) is 0 Å². The number of amides is 3. The van der Waals surface area contributed by atoms with Crippen molar-refractivity contribution in [1.82, 2.24) is 4.90 Å². The fourth-order valence-electron chi connectivity index (χ4n) is 4.05. The molecule has 1 saturated heterocycles. The average Bonchev–Trinajstić information content (AvgIpc) is 3.18. The molecule has 0 saturated carbocycles. The maximum Gasteiger partial charge on any atom is 0.294 e. The molecule has 41 heavy (non-hydrogen) atoms. The van der Waals surface area contributed by atoms with Crippen LogP contribution in [0.15, 0.2) is 59.5 Å². The summed E-state index contributed by atoms with van der Waals surface area (Å²) in [6.45, 7) is 5.07. The van der Waals surface area contributed by atoms with Crippen LogP contribution in [0, 0.1) is 11.6 Å². The van der Waals surface area contributed by atoms with Gasteiger partial charge in [-0.3, -0.25) is 19.3 Å². The number of ether oxygens (including phenoxy) is 1. The van der Waals surface area contributed by atoms with Crippen molar-refractivity contribution in [1.29, 1.82) is 0 Å². The average molecular weight is 621 g/mol. The molecule has 1 heterocycles. The number of imide groups is 1. The molecule has 7 nitrogen and oxygen atoms in total. The summed E-state index contributed by atoms with van der Waals surface area (Å²) >= 11 is 13.0. The van der Waals surface area contributed by atoms with Gasteiger partial charge < -0.3 is 15.0 Å². The first-order valence-electron chi connectivity index (χ1n) is 12.6. The minimum Gasteiger partial charge on any atom is -0.488 e. The number of carbonyl (C=O) groups is 3. The Morgan fingerprint density at radius 3 is 2.49 bits per heavy atom. The van der Waals surface area contributed by atoms with Crippen LogP contribution in [-0.2, 0) is 16.2 Å². The molecular formula is C29H25Cl2F2N3O4S. The van der Waals surface area contributed by atoms with Gasteiger partial charge in [-0.25, -0.2) is 8.78 Å². The highest BCUT2D eigenvalue weighted by atomic mass is 35.5. The Morgan fingerprint density at radius 2 is 1.80 bits per heavy atom. The van der Waals surface area contributed by atoms with Crippen LogP contribution in [0.3, 0.4) is 0 Å². The summed E-state index contributed by atoms with van der Waals surface area (Å²) in [6.07, 6.45) is 1.52. The number of hydrogen-bond acceptors (Lipinski definition) is 6. The summed E-state index contributed by atoms with van der Waals surface area (Å²) in [7, 11) is 0. The van der Waals surface area contributed by atoms with Crippen LogP contribution in [-0.4, -0.2) is 41.6 Å². The van der Waals surface area contributed by atoms with Gasteiger partial charge in [-0.15, -0.1) is 0 Å². The predicted molar refractivity (Wildman–Crippen MR) is 158 cm³/mol. The molecule has 0 bridgehead atoms. The van der Waals surface area contributed by atoms with E-state index in [-0.39, 0.29) is 17.2 Å². The van der Waals surface area contributed by atoms with E-state index in [0.717, 1.165) is 35.8 Å². The van der Waals surface area contributed by atoms with Gasteiger partial charge in [0.15, 0.2) is 0 Å². The molecular weight excluding hydrogens is 595 g/mol. The topological polar surface area (TPSA) is 79.0 Å². The van der Waals surface area contributed by atoms with Crippen LogP contribution in [0.25, 0.3) is 6.08 Å². The van der Waals surface area contributed by atoms with Gasteiger partial charge in [-0.05, 0) is 68.1 Å². The fourth-order valence-corrected chi connectivity index (χ4v) is 5.34. The van der Waals surface area contributed by atoms with Gasteiger partial charge in [-0.1, -0.05) is 29.3 Å². The Bertz CT molecular complexity index is 1530. The lowest BCUT2D eigenvalue weighted by Crippen LogP contribution is -2.36. The number of anilines is 2. The normalized spacial score (nSPS) is 14.1. The maximum atomic E-state index is 13.9. The Hall–Kier alpha value is -3.60. The van der Waals surface area contributed by atoms with Crippen molar-refractivity contribution in [3.05, 3.63) is 92.3 Å². The second-order valence-corrected chi connectivity index (χ2v) is 10.7. The van der Waals surface area contributed by atoms with Crippen molar-refractivity contribution in [2.45, 2.75) is 20.5 Å². The molecule has 1 N–H and O–H groups in total. The van der Waals surface area contributed by atoms with E-state index in [1.165, 1.54) is 6.08 Å². The molecule has 12 heteroatoms. The number of hydrogen-bond donors (Lipinski definition) is 1. The molecule has 1 fully saturated rings. The SMILES string of the molecule is CCN(CC)c1ccc(/C=C2/SC(=O)N(CC(=O)Nc3ccc(F)cc3F)C2=O)c(OCc2ccc(Cl)cc2Cl)c1. The monoisotopic (exact) mass is 619 g/mol. The molecule has 3 aromatic carbocycles. The number of nitrogens with one attached hydrogen (secondary N) is 1. The number of benzene rings is 3. The zero-order chi connectivity index (χ0) is 29.7. The summed E-state index contributed by atoms with van der Waals surface area (Å²) in [5, 5.41) is 2.53.